The summed E-state index contributed by atoms with van der Waals surface area (Å²) in [5, 5.41) is 20.2. The minimum Gasteiger partial charge on any atom is -0.331 e. The van der Waals surface area contributed by atoms with Crippen LogP contribution in [0, 0.1) is 13.8 Å². The molecule has 3 N–H and O–H groups in total. The molecule has 0 saturated heterocycles. The summed E-state index contributed by atoms with van der Waals surface area (Å²) in [6.07, 6.45) is 2.74. The first-order valence-corrected chi connectivity index (χ1v) is 13.2. The highest BCUT2D eigenvalue weighted by molar-refractivity contribution is 5.99. The van der Waals surface area contributed by atoms with Crippen molar-refractivity contribution in [2.24, 2.45) is 0 Å². The molecule has 40 heavy (non-hydrogen) atoms. The highest BCUT2D eigenvalue weighted by Crippen LogP contribution is 2.25. The molecule has 4 amide bonds. The molecule has 0 fully saturated rings. The third kappa shape index (κ3) is 6.83. The minimum absolute atomic E-state index is 0.0898. The molecule has 0 saturated carbocycles. The average Bonchev–Trinajstić information content (AvgIpc) is 3.48. The van der Waals surface area contributed by atoms with Crippen LogP contribution < -0.4 is 5.48 Å². The second-order valence-corrected chi connectivity index (χ2v) is 10.2. The van der Waals surface area contributed by atoms with Crippen molar-refractivity contribution in [2.45, 2.75) is 52.2 Å². The number of carbonyl (C=O) groups is 4. The Kier molecular flexibility index (Phi) is 9.13. The predicted octanol–water partition coefficient (Wildman–Crippen LogP) is 2.80. The van der Waals surface area contributed by atoms with Crippen molar-refractivity contribution in [3.05, 3.63) is 94.1 Å². The molecule has 0 aliphatic carbocycles. The maximum absolute atomic E-state index is 13.2. The van der Waals surface area contributed by atoms with E-state index in [1.54, 1.807) is 22.0 Å². The lowest BCUT2D eigenvalue weighted by atomic mass is 10.0. The van der Waals surface area contributed by atoms with Crippen molar-refractivity contribution in [3.8, 4) is 0 Å². The van der Waals surface area contributed by atoms with Crippen LogP contribution in [0.4, 0.5) is 0 Å². The van der Waals surface area contributed by atoms with Crippen LogP contribution in [0.15, 0.2) is 71.8 Å². The standard InChI is InChI=1S/C30H34N4O6/c1-20-3-7-22(8-4-20)18-32-15-13-24(29(32)37)11-12-28(36)34(40)26(17-27(35)31-39)25-14-16-33(30(25)38)19-23-9-5-21(2)6-10-23/h3-10,13-14,26,39-40H,11-12,15-19H2,1-2H3,(H,31,35). The highest BCUT2D eigenvalue weighted by atomic mass is 16.5. The zero-order chi connectivity index (χ0) is 28.8. The summed E-state index contributed by atoms with van der Waals surface area (Å²) in [5.41, 5.74) is 6.20. The van der Waals surface area contributed by atoms with Gasteiger partial charge in [0.25, 0.3) is 5.91 Å². The molecule has 2 aromatic carbocycles. The molecule has 210 valence electrons. The lowest BCUT2D eigenvalue weighted by Gasteiger charge is -2.27. The van der Waals surface area contributed by atoms with Gasteiger partial charge in [-0.1, -0.05) is 71.8 Å². The Morgan fingerprint density at radius 1 is 0.875 bits per heavy atom. The summed E-state index contributed by atoms with van der Waals surface area (Å²) in [6, 6.07) is 14.3. The molecule has 10 nitrogen and oxygen atoms in total. The van der Waals surface area contributed by atoms with E-state index in [0.29, 0.717) is 30.3 Å². The fourth-order valence-corrected chi connectivity index (χ4v) is 4.82. The number of hydrogen-bond acceptors (Lipinski definition) is 6. The summed E-state index contributed by atoms with van der Waals surface area (Å²) in [4.78, 5) is 54.3. The normalized spacial score (nSPS) is 15.7. The molecule has 0 aromatic heterocycles. The Balaban J connectivity index is 1.36. The van der Waals surface area contributed by atoms with Crippen molar-refractivity contribution < 1.29 is 29.6 Å². The first-order valence-electron chi connectivity index (χ1n) is 13.2. The number of nitrogens with one attached hydrogen (secondary N) is 1. The first-order chi connectivity index (χ1) is 19.2. The number of carbonyl (C=O) groups excluding carboxylic acids is 4. The maximum Gasteiger partial charge on any atom is 0.252 e. The molecule has 1 unspecified atom stereocenters. The number of amides is 4. The third-order valence-corrected chi connectivity index (χ3v) is 7.20. The average molecular weight is 547 g/mol. The van der Waals surface area contributed by atoms with Gasteiger partial charge in [0.05, 0.1) is 12.5 Å². The summed E-state index contributed by atoms with van der Waals surface area (Å²) in [5.74, 6) is -2.19. The van der Waals surface area contributed by atoms with E-state index in [9.17, 15) is 24.4 Å². The van der Waals surface area contributed by atoms with Gasteiger partial charge in [0.1, 0.15) is 0 Å². The largest absolute Gasteiger partial charge is 0.331 e. The van der Waals surface area contributed by atoms with Gasteiger partial charge in [-0.05, 0) is 31.4 Å². The van der Waals surface area contributed by atoms with Crippen molar-refractivity contribution >= 4 is 23.6 Å². The summed E-state index contributed by atoms with van der Waals surface area (Å²) in [7, 11) is 0. The van der Waals surface area contributed by atoms with Crippen molar-refractivity contribution in [3.63, 3.8) is 0 Å². The Labute approximate surface area is 233 Å². The Bertz CT molecular complexity index is 1330. The molecular weight excluding hydrogens is 512 g/mol. The SMILES string of the molecule is Cc1ccc(CN2CC=C(CCC(=O)N(O)C(CC(=O)NO)C3=CCN(Cc4ccc(C)cc4)C3=O)C2=O)cc1. The van der Waals surface area contributed by atoms with Crippen LogP contribution in [0.2, 0.25) is 0 Å². The van der Waals surface area contributed by atoms with E-state index in [1.165, 1.54) is 5.48 Å². The molecule has 0 bridgehead atoms. The quantitative estimate of drug-likeness (QED) is 0.294. The van der Waals surface area contributed by atoms with Crippen LogP contribution in [0.1, 0.15) is 41.5 Å². The molecule has 2 aromatic rings. The van der Waals surface area contributed by atoms with Gasteiger partial charge in [-0.3, -0.25) is 29.6 Å². The van der Waals surface area contributed by atoms with Crippen molar-refractivity contribution in [1.82, 2.24) is 20.3 Å². The van der Waals surface area contributed by atoms with Crippen molar-refractivity contribution in [1.29, 1.82) is 0 Å². The Morgan fingerprint density at radius 2 is 1.40 bits per heavy atom. The van der Waals surface area contributed by atoms with E-state index in [4.69, 9.17) is 5.21 Å². The molecule has 2 aliphatic rings. The number of hydroxylamine groups is 3. The molecule has 0 radical (unpaired) electrons. The second kappa shape index (κ2) is 12.7. The molecule has 10 heteroatoms. The van der Waals surface area contributed by atoms with Gasteiger partial charge in [-0.2, -0.15) is 0 Å². The molecule has 1 atom stereocenters. The van der Waals surface area contributed by atoms with Gasteiger partial charge in [0, 0.05) is 43.7 Å². The van der Waals surface area contributed by atoms with Gasteiger partial charge < -0.3 is 9.80 Å². The van der Waals surface area contributed by atoms with E-state index in [-0.39, 0.29) is 30.9 Å². The van der Waals surface area contributed by atoms with Crippen LogP contribution >= 0.6 is 0 Å². The van der Waals surface area contributed by atoms with E-state index >= 15 is 0 Å². The second-order valence-electron chi connectivity index (χ2n) is 10.2. The number of hydrogen-bond donors (Lipinski definition) is 3. The van der Waals surface area contributed by atoms with Gasteiger partial charge in [0.2, 0.25) is 17.7 Å². The molecule has 4 rings (SSSR count). The van der Waals surface area contributed by atoms with Gasteiger partial charge in [-0.15, -0.1) is 0 Å². The van der Waals surface area contributed by atoms with Crippen LogP contribution in [-0.2, 0) is 32.3 Å². The van der Waals surface area contributed by atoms with Crippen LogP contribution in [0.5, 0.6) is 0 Å². The number of rotatable bonds is 11. The highest BCUT2D eigenvalue weighted by Gasteiger charge is 2.36. The smallest absolute Gasteiger partial charge is 0.252 e. The van der Waals surface area contributed by atoms with Gasteiger partial charge in [-0.25, -0.2) is 10.5 Å². The minimum atomic E-state index is -1.29. The third-order valence-electron chi connectivity index (χ3n) is 7.20. The molecular formula is C30H34N4O6. The number of nitrogens with zero attached hydrogens (tertiary/aromatic N) is 3. The predicted molar refractivity (Wildman–Crippen MR) is 146 cm³/mol. The number of benzene rings is 2. The van der Waals surface area contributed by atoms with E-state index < -0.39 is 30.2 Å². The molecule has 0 spiro atoms. The number of aryl methyl sites for hydroxylation is 2. The Morgan fingerprint density at radius 3 is 1.95 bits per heavy atom. The lowest BCUT2D eigenvalue weighted by molar-refractivity contribution is -0.174. The fraction of sp³-hybridized carbons (Fsp3) is 0.333. The zero-order valence-electron chi connectivity index (χ0n) is 22.7. The van der Waals surface area contributed by atoms with Crippen molar-refractivity contribution in [2.75, 3.05) is 13.1 Å². The fourth-order valence-electron chi connectivity index (χ4n) is 4.82. The molecule has 2 heterocycles. The van der Waals surface area contributed by atoms with Crippen LogP contribution in [0.3, 0.4) is 0 Å². The first kappa shape index (κ1) is 28.7. The van der Waals surface area contributed by atoms with Crippen LogP contribution in [-0.4, -0.2) is 68.0 Å². The maximum atomic E-state index is 13.2. The summed E-state index contributed by atoms with van der Waals surface area (Å²) < 4.78 is 0. The van der Waals surface area contributed by atoms with Crippen LogP contribution in [0.25, 0.3) is 0 Å². The summed E-state index contributed by atoms with van der Waals surface area (Å²) >= 11 is 0. The van der Waals surface area contributed by atoms with E-state index in [1.807, 2.05) is 62.4 Å². The van der Waals surface area contributed by atoms with E-state index in [2.05, 4.69) is 0 Å². The lowest BCUT2D eigenvalue weighted by Crippen LogP contribution is -2.44. The topological polar surface area (TPSA) is 130 Å². The van der Waals surface area contributed by atoms with E-state index in [0.717, 1.165) is 22.3 Å². The molecule has 2 aliphatic heterocycles. The Hall–Kier alpha value is -4.28. The zero-order valence-corrected chi connectivity index (χ0v) is 22.7. The monoisotopic (exact) mass is 546 g/mol. The van der Waals surface area contributed by atoms with Gasteiger partial charge >= 0.3 is 0 Å². The van der Waals surface area contributed by atoms with Gasteiger partial charge in [0.15, 0.2) is 0 Å². The summed E-state index contributed by atoms with van der Waals surface area (Å²) in [6.45, 7) is 5.41.